The van der Waals surface area contributed by atoms with Crippen molar-refractivity contribution in [3.05, 3.63) is 35.0 Å². The predicted molar refractivity (Wildman–Crippen MR) is 140 cm³/mol. The van der Waals surface area contributed by atoms with Gasteiger partial charge in [0.1, 0.15) is 11.1 Å². The molecule has 1 fully saturated rings. The van der Waals surface area contributed by atoms with Crippen LogP contribution in [0.5, 0.6) is 0 Å². The third-order valence-corrected chi connectivity index (χ3v) is 6.10. The number of aromatic nitrogens is 4. The molecule has 0 spiro atoms. The highest BCUT2D eigenvalue weighted by Crippen LogP contribution is 2.34. The minimum Gasteiger partial charge on any atom is -0.444 e. The van der Waals surface area contributed by atoms with Crippen LogP contribution in [0.1, 0.15) is 58.9 Å². The molecular formula is C25H31ClF3N7O2. The topological polar surface area (TPSA) is 106 Å². The lowest BCUT2D eigenvalue weighted by Gasteiger charge is -2.22. The zero-order valence-electron chi connectivity index (χ0n) is 21.6. The van der Waals surface area contributed by atoms with E-state index in [9.17, 15) is 18.0 Å². The normalized spacial score (nSPS) is 15.5. The predicted octanol–water partition coefficient (Wildman–Crippen LogP) is 6.51. The molecule has 13 heteroatoms. The SMILES string of the molecule is CC(Cn1c(Nc2cc(Cl)cc(C(F)(F)F)c2)nc2cnc(NC3CCCC3)nc21)NC(=O)OC(C)(C)C. The second-order valence-corrected chi connectivity index (χ2v) is 10.9. The summed E-state index contributed by atoms with van der Waals surface area (Å²) in [5.41, 5.74) is -0.565. The van der Waals surface area contributed by atoms with Crippen molar-refractivity contribution in [3.63, 3.8) is 0 Å². The smallest absolute Gasteiger partial charge is 0.416 e. The summed E-state index contributed by atoms with van der Waals surface area (Å²) in [5, 5.41) is 8.99. The van der Waals surface area contributed by atoms with Crippen molar-refractivity contribution in [2.45, 2.75) is 83.8 Å². The van der Waals surface area contributed by atoms with E-state index in [1.165, 1.54) is 6.07 Å². The van der Waals surface area contributed by atoms with Crippen LogP contribution in [0.15, 0.2) is 24.4 Å². The number of benzene rings is 1. The van der Waals surface area contributed by atoms with Gasteiger partial charge >= 0.3 is 12.3 Å². The number of carbonyl (C=O) groups excluding carboxylic acids is 1. The number of halogens is 4. The standard InChI is InChI=1S/C25H31ClF3N7O2/c1-14(31-23(37)38-24(2,3)4)13-36-20-19(12-30-21(35-20)32-17-7-5-6-8-17)34-22(36)33-18-10-15(25(27,28)29)9-16(26)11-18/h9-12,14,17H,5-8,13H2,1-4H3,(H,31,37)(H,33,34)(H,30,32,35). The summed E-state index contributed by atoms with van der Waals surface area (Å²) in [6, 6.07) is 3.03. The van der Waals surface area contributed by atoms with Crippen molar-refractivity contribution >= 4 is 46.4 Å². The van der Waals surface area contributed by atoms with Crippen molar-refractivity contribution in [2.24, 2.45) is 0 Å². The molecule has 0 aliphatic heterocycles. The van der Waals surface area contributed by atoms with E-state index < -0.39 is 29.5 Å². The van der Waals surface area contributed by atoms with E-state index in [4.69, 9.17) is 16.3 Å². The molecule has 1 saturated carbocycles. The third kappa shape index (κ3) is 7.18. The van der Waals surface area contributed by atoms with Crippen LogP contribution in [0.3, 0.4) is 0 Å². The van der Waals surface area contributed by atoms with E-state index >= 15 is 0 Å². The number of nitrogens with one attached hydrogen (secondary N) is 3. The number of nitrogens with zero attached hydrogens (tertiary/aromatic N) is 4. The fourth-order valence-electron chi connectivity index (χ4n) is 4.29. The van der Waals surface area contributed by atoms with Crippen molar-refractivity contribution < 1.29 is 22.7 Å². The molecule has 3 aromatic rings. The lowest BCUT2D eigenvalue weighted by molar-refractivity contribution is -0.137. The van der Waals surface area contributed by atoms with Gasteiger partial charge in [0.25, 0.3) is 0 Å². The number of hydrogen-bond acceptors (Lipinski definition) is 7. The maximum Gasteiger partial charge on any atom is 0.416 e. The fourth-order valence-corrected chi connectivity index (χ4v) is 4.53. The van der Waals surface area contributed by atoms with Crippen LogP contribution in [0.25, 0.3) is 11.2 Å². The molecule has 9 nitrogen and oxygen atoms in total. The third-order valence-electron chi connectivity index (χ3n) is 5.88. The van der Waals surface area contributed by atoms with Gasteiger partial charge in [-0.2, -0.15) is 18.2 Å². The largest absolute Gasteiger partial charge is 0.444 e. The van der Waals surface area contributed by atoms with Crippen molar-refractivity contribution in [2.75, 3.05) is 10.6 Å². The zero-order chi connectivity index (χ0) is 27.7. The molecule has 1 unspecified atom stereocenters. The highest BCUT2D eigenvalue weighted by molar-refractivity contribution is 6.31. The van der Waals surface area contributed by atoms with Gasteiger partial charge in [0.15, 0.2) is 5.65 Å². The molecule has 0 saturated heterocycles. The number of alkyl carbamates (subject to hydrolysis) is 1. The summed E-state index contributed by atoms with van der Waals surface area (Å²) in [4.78, 5) is 25.9. The van der Waals surface area contributed by atoms with Crippen LogP contribution >= 0.6 is 11.6 Å². The first-order valence-electron chi connectivity index (χ1n) is 12.4. The fraction of sp³-hybridized carbons (Fsp3) is 0.520. The second-order valence-electron chi connectivity index (χ2n) is 10.5. The van der Waals surface area contributed by atoms with E-state index in [1.807, 2.05) is 0 Å². The molecule has 38 heavy (non-hydrogen) atoms. The van der Waals surface area contributed by atoms with E-state index in [0.29, 0.717) is 17.1 Å². The Morgan fingerprint density at radius 3 is 2.55 bits per heavy atom. The Kier molecular flexibility index (Phi) is 7.91. The van der Waals surface area contributed by atoms with E-state index in [0.717, 1.165) is 37.8 Å². The molecule has 206 valence electrons. The summed E-state index contributed by atoms with van der Waals surface area (Å²) in [6.07, 6.45) is 0.734. The number of rotatable bonds is 7. The number of ether oxygens (including phenoxy) is 1. The molecule has 2 aromatic heterocycles. The Hall–Kier alpha value is -3.28. The summed E-state index contributed by atoms with van der Waals surface area (Å²) in [5.74, 6) is 0.660. The molecule has 1 aliphatic carbocycles. The van der Waals surface area contributed by atoms with Gasteiger partial charge in [-0.3, -0.25) is 4.57 Å². The number of carbonyl (C=O) groups is 1. The first-order valence-corrected chi connectivity index (χ1v) is 12.8. The Balaban J connectivity index is 1.67. The summed E-state index contributed by atoms with van der Waals surface area (Å²) in [6.45, 7) is 7.26. The van der Waals surface area contributed by atoms with E-state index in [2.05, 4.69) is 30.9 Å². The molecule has 3 N–H and O–H groups in total. The Labute approximate surface area is 223 Å². The van der Waals surface area contributed by atoms with Crippen molar-refractivity contribution in [1.29, 1.82) is 0 Å². The summed E-state index contributed by atoms with van der Waals surface area (Å²) < 4.78 is 47.1. The van der Waals surface area contributed by atoms with Gasteiger partial charge in [0.2, 0.25) is 11.9 Å². The zero-order valence-corrected chi connectivity index (χ0v) is 22.4. The first-order chi connectivity index (χ1) is 17.8. The molecule has 4 rings (SSSR count). The van der Waals surface area contributed by atoms with E-state index in [-0.39, 0.29) is 29.2 Å². The number of alkyl halides is 3. The van der Waals surface area contributed by atoms with Gasteiger partial charge in [0, 0.05) is 29.3 Å². The quantitative estimate of drug-likeness (QED) is 0.306. The molecule has 2 heterocycles. The highest BCUT2D eigenvalue weighted by Gasteiger charge is 2.31. The molecule has 1 aliphatic rings. The number of anilines is 3. The maximum absolute atomic E-state index is 13.4. The van der Waals surface area contributed by atoms with Gasteiger partial charge < -0.3 is 20.7 Å². The van der Waals surface area contributed by atoms with Crippen LogP contribution < -0.4 is 16.0 Å². The lowest BCUT2D eigenvalue weighted by atomic mass is 10.2. The van der Waals surface area contributed by atoms with E-state index in [1.54, 1.807) is 38.5 Å². The molecule has 1 atom stereocenters. The first kappa shape index (κ1) is 27.7. The van der Waals surface area contributed by atoms with Crippen LogP contribution in [0, 0.1) is 0 Å². The molecule has 0 radical (unpaired) electrons. The minimum absolute atomic E-state index is 0.0761. The molecular weight excluding hydrogens is 523 g/mol. The van der Waals surface area contributed by atoms with Crippen molar-refractivity contribution in [3.8, 4) is 0 Å². The Morgan fingerprint density at radius 1 is 1.18 bits per heavy atom. The molecule has 1 amide bonds. The van der Waals surface area contributed by atoms with Gasteiger partial charge in [-0.05, 0) is 58.7 Å². The van der Waals surface area contributed by atoms with Gasteiger partial charge in [-0.25, -0.2) is 14.8 Å². The van der Waals surface area contributed by atoms with Crippen molar-refractivity contribution in [1.82, 2.24) is 24.8 Å². The second kappa shape index (κ2) is 10.8. The van der Waals surface area contributed by atoms with Crippen LogP contribution in [-0.4, -0.2) is 43.3 Å². The average Bonchev–Trinajstić information content (AvgIpc) is 3.39. The van der Waals surface area contributed by atoms with Crippen LogP contribution in [0.4, 0.5) is 35.5 Å². The summed E-state index contributed by atoms with van der Waals surface area (Å²) >= 11 is 5.98. The Bertz CT molecular complexity index is 1300. The average molecular weight is 554 g/mol. The number of amides is 1. The lowest BCUT2D eigenvalue weighted by Crippen LogP contribution is -2.39. The number of fused-ring (bicyclic) bond motifs is 1. The monoisotopic (exact) mass is 553 g/mol. The molecule has 1 aromatic carbocycles. The summed E-state index contributed by atoms with van der Waals surface area (Å²) in [7, 11) is 0. The Morgan fingerprint density at radius 2 is 1.89 bits per heavy atom. The van der Waals surface area contributed by atoms with Crippen LogP contribution in [0.2, 0.25) is 5.02 Å². The molecule has 0 bridgehead atoms. The number of imidazole rings is 1. The minimum atomic E-state index is -4.57. The highest BCUT2D eigenvalue weighted by atomic mass is 35.5. The van der Waals surface area contributed by atoms with Gasteiger partial charge in [-0.15, -0.1) is 0 Å². The van der Waals surface area contributed by atoms with Gasteiger partial charge in [-0.1, -0.05) is 24.4 Å². The maximum atomic E-state index is 13.4. The van der Waals surface area contributed by atoms with Gasteiger partial charge in [0.05, 0.1) is 11.8 Å². The number of hydrogen-bond donors (Lipinski definition) is 3. The van der Waals surface area contributed by atoms with Crippen LogP contribution in [-0.2, 0) is 17.5 Å².